The molecule has 1 N–H and O–H groups in total. The van der Waals surface area contributed by atoms with Gasteiger partial charge in [-0.1, -0.05) is 0 Å². The molecule has 3 rings (SSSR count). The normalized spacial score (nSPS) is 18.8. The first-order chi connectivity index (χ1) is 8.72. The van der Waals surface area contributed by atoms with Crippen LogP contribution < -0.4 is 0 Å². The van der Waals surface area contributed by atoms with Crippen LogP contribution in [0.5, 0.6) is 0 Å². The Labute approximate surface area is 106 Å². The van der Waals surface area contributed by atoms with Gasteiger partial charge in [-0.25, -0.2) is 0 Å². The van der Waals surface area contributed by atoms with Gasteiger partial charge in [0.25, 0.3) is 0 Å². The molecular formula is C13H17N3O2. The number of β-amino-alcohol motifs (C(OH)–C–C–N with tert-alkyl or cyclic N) is 1. The minimum Gasteiger partial charge on any atom is -0.464 e. The van der Waals surface area contributed by atoms with Gasteiger partial charge in [-0.3, -0.25) is 9.58 Å². The number of hydrogen-bond donors (Lipinski definition) is 1. The molecule has 0 spiro atoms. The summed E-state index contributed by atoms with van der Waals surface area (Å²) in [6, 6.07) is 6.08. The van der Waals surface area contributed by atoms with Crippen molar-refractivity contribution in [3.05, 3.63) is 42.1 Å². The fourth-order valence-electron chi connectivity index (χ4n) is 2.32. The smallest absolute Gasteiger partial charge is 0.133 e. The Hall–Kier alpha value is -1.59. The number of aliphatic hydroxyl groups is 1. The van der Waals surface area contributed by atoms with E-state index in [1.807, 2.05) is 36.0 Å². The summed E-state index contributed by atoms with van der Waals surface area (Å²) in [6.45, 7) is 4.36. The fourth-order valence-corrected chi connectivity index (χ4v) is 2.32. The van der Waals surface area contributed by atoms with Crippen LogP contribution in [0.25, 0.3) is 0 Å². The molecule has 0 amide bonds. The zero-order valence-corrected chi connectivity index (χ0v) is 10.4. The van der Waals surface area contributed by atoms with Gasteiger partial charge in [0, 0.05) is 32.0 Å². The van der Waals surface area contributed by atoms with Crippen LogP contribution in [0, 0.1) is 6.92 Å². The largest absolute Gasteiger partial charge is 0.464 e. The van der Waals surface area contributed by atoms with Gasteiger partial charge in [0.05, 0.1) is 6.04 Å². The van der Waals surface area contributed by atoms with Crippen molar-refractivity contribution in [1.82, 2.24) is 14.7 Å². The second kappa shape index (κ2) is 4.59. The van der Waals surface area contributed by atoms with Crippen LogP contribution in [-0.2, 0) is 0 Å². The fraction of sp³-hybridized carbons (Fsp3) is 0.462. The van der Waals surface area contributed by atoms with Crippen molar-refractivity contribution < 1.29 is 9.52 Å². The number of nitrogens with zero attached hydrogens (tertiary/aromatic N) is 3. The number of aromatic nitrogens is 2. The number of hydrogen-bond acceptors (Lipinski definition) is 4. The number of likely N-dealkylation sites (tertiary alicyclic amines) is 1. The van der Waals surface area contributed by atoms with Gasteiger partial charge in [-0.15, -0.1) is 0 Å². The second-order valence-corrected chi connectivity index (χ2v) is 4.82. The minimum atomic E-state index is -0.544. The van der Waals surface area contributed by atoms with Crippen molar-refractivity contribution in [3.63, 3.8) is 0 Å². The number of rotatable bonds is 4. The van der Waals surface area contributed by atoms with Crippen molar-refractivity contribution in [2.24, 2.45) is 0 Å². The summed E-state index contributed by atoms with van der Waals surface area (Å²) in [5, 5.41) is 14.3. The lowest BCUT2D eigenvalue weighted by molar-refractivity contribution is 0.0312. The van der Waals surface area contributed by atoms with Crippen LogP contribution in [0.1, 0.15) is 23.7 Å². The summed E-state index contributed by atoms with van der Waals surface area (Å²) >= 11 is 0. The summed E-state index contributed by atoms with van der Waals surface area (Å²) in [5.74, 6) is 1.48. The van der Waals surface area contributed by atoms with Crippen molar-refractivity contribution in [3.8, 4) is 0 Å². The highest BCUT2D eigenvalue weighted by Gasteiger charge is 2.30. The molecule has 0 radical (unpaired) electrons. The quantitative estimate of drug-likeness (QED) is 0.886. The predicted molar refractivity (Wildman–Crippen MR) is 66.1 cm³/mol. The lowest BCUT2D eigenvalue weighted by atomic mass is 10.1. The van der Waals surface area contributed by atoms with Crippen molar-refractivity contribution in [2.45, 2.75) is 19.1 Å². The second-order valence-electron chi connectivity index (χ2n) is 4.82. The zero-order chi connectivity index (χ0) is 12.5. The first-order valence-electron chi connectivity index (χ1n) is 6.18. The number of furan rings is 1. The SMILES string of the molecule is Cc1ccc(C(O)CN2CC(n3cccn3)C2)o1. The maximum atomic E-state index is 10.0. The van der Waals surface area contributed by atoms with Gasteiger partial charge < -0.3 is 9.52 Å². The Morgan fingerprint density at radius 1 is 1.50 bits per heavy atom. The topological polar surface area (TPSA) is 54.4 Å². The number of aryl methyl sites for hydroxylation is 1. The Kier molecular flexibility index (Phi) is 2.93. The average Bonchev–Trinajstić information content (AvgIpc) is 2.93. The van der Waals surface area contributed by atoms with E-state index < -0.39 is 6.10 Å². The van der Waals surface area contributed by atoms with Gasteiger partial charge in [-0.05, 0) is 25.1 Å². The molecule has 0 bridgehead atoms. The van der Waals surface area contributed by atoms with E-state index in [4.69, 9.17) is 4.42 Å². The standard InChI is InChI=1S/C13H17N3O2/c1-10-3-4-13(18-10)12(17)9-15-7-11(8-15)16-6-2-5-14-16/h2-6,11-12,17H,7-9H2,1H3. The third kappa shape index (κ3) is 2.19. The third-order valence-corrected chi connectivity index (χ3v) is 3.36. The van der Waals surface area contributed by atoms with Crippen LogP contribution in [0.15, 0.2) is 35.0 Å². The molecular weight excluding hydrogens is 230 g/mol. The van der Waals surface area contributed by atoms with Crippen LogP contribution in [0.3, 0.4) is 0 Å². The maximum Gasteiger partial charge on any atom is 0.133 e. The van der Waals surface area contributed by atoms with E-state index in [9.17, 15) is 5.11 Å². The van der Waals surface area contributed by atoms with Crippen molar-refractivity contribution in [2.75, 3.05) is 19.6 Å². The average molecular weight is 247 g/mol. The van der Waals surface area contributed by atoms with E-state index in [1.54, 1.807) is 6.20 Å². The van der Waals surface area contributed by atoms with Crippen LogP contribution in [-0.4, -0.2) is 39.4 Å². The first-order valence-corrected chi connectivity index (χ1v) is 6.18. The molecule has 1 atom stereocenters. The predicted octanol–water partition coefficient (Wildman–Crippen LogP) is 1.37. The van der Waals surface area contributed by atoms with E-state index in [1.165, 1.54) is 0 Å². The summed E-state index contributed by atoms with van der Waals surface area (Å²) in [7, 11) is 0. The lowest BCUT2D eigenvalue weighted by Gasteiger charge is -2.39. The maximum absolute atomic E-state index is 10.0. The molecule has 5 heteroatoms. The molecule has 1 aliphatic heterocycles. The van der Waals surface area contributed by atoms with E-state index in [0.29, 0.717) is 18.3 Å². The van der Waals surface area contributed by atoms with Gasteiger partial charge in [0.2, 0.25) is 0 Å². The molecule has 2 aromatic heterocycles. The van der Waals surface area contributed by atoms with E-state index in [2.05, 4.69) is 10.00 Å². The molecule has 0 saturated carbocycles. The van der Waals surface area contributed by atoms with E-state index >= 15 is 0 Å². The van der Waals surface area contributed by atoms with Crippen LogP contribution >= 0.6 is 0 Å². The minimum absolute atomic E-state index is 0.436. The Balaban J connectivity index is 1.51. The highest BCUT2D eigenvalue weighted by Crippen LogP contribution is 2.24. The van der Waals surface area contributed by atoms with E-state index in [-0.39, 0.29) is 0 Å². The summed E-state index contributed by atoms with van der Waals surface area (Å²) in [4.78, 5) is 2.20. The molecule has 2 aromatic rings. The van der Waals surface area contributed by atoms with Gasteiger partial charge >= 0.3 is 0 Å². The Morgan fingerprint density at radius 3 is 2.94 bits per heavy atom. The summed E-state index contributed by atoms with van der Waals surface area (Å²) < 4.78 is 7.39. The monoisotopic (exact) mass is 247 g/mol. The first kappa shape index (κ1) is 11.5. The molecule has 0 aromatic carbocycles. The van der Waals surface area contributed by atoms with Crippen molar-refractivity contribution >= 4 is 0 Å². The van der Waals surface area contributed by atoms with Gasteiger partial charge in [-0.2, -0.15) is 5.10 Å². The summed E-state index contributed by atoms with van der Waals surface area (Å²) in [6.07, 6.45) is 3.23. The molecule has 1 unspecified atom stereocenters. The third-order valence-electron chi connectivity index (χ3n) is 3.36. The Bertz CT molecular complexity index is 500. The van der Waals surface area contributed by atoms with Crippen LogP contribution in [0.4, 0.5) is 0 Å². The lowest BCUT2D eigenvalue weighted by Crippen LogP contribution is -2.49. The molecule has 1 saturated heterocycles. The van der Waals surface area contributed by atoms with Crippen LogP contribution in [0.2, 0.25) is 0 Å². The molecule has 18 heavy (non-hydrogen) atoms. The molecule has 3 heterocycles. The highest BCUT2D eigenvalue weighted by atomic mass is 16.4. The Morgan fingerprint density at radius 2 is 2.33 bits per heavy atom. The van der Waals surface area contributed by atoms with Gasteiger partial charge in [0.1, 0.15) is 17.6 Å². The van der Waals surface area contributed by atoms with Crippen molar-refractivity contribution in [1.29, 1.82) is 0 Å². The van der Waals surface area contributed by atoms with E-state index in [0.717, 1.165) is 18.8 Å². The summed E-state index contributed by atoms with van der Waals surface area (Å²) in [5.41, 5.74) is 0. The zero-order valence-electron chi connectivity index (χ0n) is 10.4. The molecule has 5 nitrogen and oxygen atoms in total. The molecule has 1 fully saturated rings. The molecule has 1 aliphatic rings. The number of aliphatic hydroxyl groups excluding tert-OH is 1. The molecule has 96 valence electrons. The van der Waals surface area contributed by atoms with Gasteiger partial charge in [0.15, 0.2) is 0 Å². The molecule has 0 aliphatic carbocycles. The highest BCUT2D eigenvalue weighted by molar-refractivity contribution is 5.08.